The van der Waals surface area contributed by atoms with Crippen LogP contribution in [0.2, 0.25) is 0 Å². The van der Waals surface area contributed by atoms with Gasteiger partial charge in [0.2, 0.25) is 0 Å². The van der Waals surface area contributed by atoms with Gasteiger partial charge in [0.1, 0.15) is 5.75 Å². The Hall–Kier alpha value is -1.06. The van der Waals surface area contributed by atoms with Gasteiger partial charge in [-0.2, -0.15) is 0 Å². The summed E-state index contributed by atoms with van der Waals surface area (Å²) in [4.78, 5) is 2.61. The van der Waals surface area contributed by atoms with E-state index in [1.807, 2.05) is 0 Å². The number of hydrogen-bond donors (Lipinski definition) is 1. The van der Waals surface area contributed by atoms with Gasteiger partial charge in [-0.15, -0.1) is 0 Å². The Morgan fingerprint density at radius 1 is 1.22 bits per heavy atom. The highest BCUT2D eigenvalue weighted by molar-refractivity contribution is 5.27. The average Bonchev–Trinajstić information content (AvgIpc) is 2.46. The van der Waals surface area contributed by atoms with Gasteiger partial charge in [0.25, 0.3) is 0 Å². The maximum Gasteiger partial charge on any atom is 0.118 e. The molecular weight excluding hydrogens is 224 g/mol. The number of hydrogen-bond acceptors (Lipinski definition) is 3. The molecule has 1 aromatic rings. The Morgan fingerprint density at radius 3 is 2.44 bits per heavy atom. The Bertz CT molecular complexity index is 344. The SMILES string of the molecule is CCC(Cc1ccc(OC)cc1)N1CCNCC1. The fraction of sp³-hybridized carbons (Fsp3) is 0.600. The number of rotatable bonds is 5. The first-order valence-corrected chi connectivity index (χ1v) is 6.91. The highest BCUT2D eigenvalue weighted by Gasteiger charge is 2.18. The summed E-state index contributed by atoms with van der Waals surface area (Å²) in [5, 5.41) is 3.41. The predicted molar refractivity (Wildman–Crippen MR) is 75.2 cm³/mol. The van der Waals surface area contributed by atoms with Gasteiger partial charge in [0, 0.05) is 32.2 Å². The van der Waals surface area contributed by atoms with Gasteiger partial charge < -0.3 is 10.1 Å². The minimum absolute atomic E-state index is 0.667. The molecule has 3 heteroatoms. The van der Waals surface area contributed by atoms with Crippen LogP contribution < -0.4 is 10.1 Å². The van der Waals surface area contributed by atoms with Crippen LogP contribution in [0.5, 0.6) is 5.75 Å². The summed E-state index contributed by atoms with van der Waals surface area (Å²) in [6, 6.07) is 9.15. The van der Waals surface area contributed by atoms with Gasteiger partial charge in [0.05, 0.1) is 7.11 Å². The van der Waals surface area contributed by atoms with Crippen molar-refractivity contribution in [3.63, 3.8) is 0 Å². The predicted octanol–water partition coefficient (Wildman–Crippen LogP) is 1.92. The lowest BCUT2D eigenvalue weighted by atomic mass is 10.0. The lowest BCUT2D eigenvalue weighted by Gasteiger charge is -2.34. The Labute approximate surface area is 110 Å². The standard InChI is InChI=1S/C15H24N2O/c1-3-14(17-10-8-16-9-11-17)12-13-4-6-15(18-2)7-5-13/h4-7,14,16H,3,8-12H2,1-2H3. The number of benzene rings is 1. The second-order valence-electron chi connectivity index (χ2n) is 4.90. The van der Waals surface area contributed by atoms with E-state index in [1.165, 1.54) is 25.1 Å². The zero-order valence-corrected chi connectivity index (χ0v) is 11.5. The molecule has 1 N–H and O–H groups in total. The third-order valence-electron chi connectivity index (χ3n) is 3.77. The number of ether oxygens (including phenoxy) is 1. The molecule has 0 radical (unpaired) electrons. The van der Waals surface area contributed by atoms with Crippen LogP contribution in [-0.2, 0) is 6.42 Å². The second-order valence-corrected chi connectivity index (χ2v) is 4.90. The van der Waals surface area contributed by atoms with Crippen molar-refractivity contribution in [2.45, 2.75) is 25.8 Å². The van der Waals surface area contributed by atoms with E-state index in [1.54, 1.807) is 7.11 Å². The maximum absolute atomic E-state index is 5.20. The maximum atomic E-state index is 5.20. The summed E-state index contributed by atoms with van der Waals surface area (Å²) in [6.07, 6.45) is 2.35. The molecule has 0 spiro atoms. The molecule has 1 atom stereocenters. The van der Waals surface area contributed by atoms with Crippen LogP contribution in [-0.4, -0.2) is 44.2 Å². The highest BCUT2D eigenvalue weighted by Crippen LogP contribution is 2.16. The van der Waals surface area contributed by atoms with Gasteiger partial charge in [-0.3, -0.25) is 4.90 Å². The zero-order chi connectivity index (χ0) is 12.8. The molecular formula is C15H24N2O. The average molecular weight is 248 g/mol. The van der Waals surface area contributed by atoms with Crippen LogP contribution in [0.1, 0.15) is 18.9 Å². The Balaban J connectivity index is 1.95. The van der Waals surface area contributed by atoms with E-state index in [0.717, 1.165) is 25.3 Å². The number of piperazine rings is 1. The minimum atomic E-state index is 0.667. The molecule has 1 aliphatic heterocycles. The van der Waals surface area contributed by atoms with Crippen molar-refractivity contribution in [3.05, 3.63) is 29.8 Å². The van der Waals surface area contributed by atoms with E-state index in [0.29, 0.717) is 6.04 Å². The molecule has 1 heterocycles. The zero-order valence-electron chi connectivity index (χ0n) is 11.5. The molecule has 0 bridgehead atoms. The first-order chi connectivity index (χ1) is 8.83. The van der Waals surface area contributed by atoms with Gasteiger partial charge in [0.15, 0.2) is 0 Å². The molecule has 3 nitrogen and oxygen atoms in total. The van der Waals surface area contributed by atoms with E-state index in [2.05, 4.69) is 41.4 Å². The van der Waals surface area contributed by atoms with Crippen LogP contribution >= 0.6 is 0 Å². The molecule has 0 amide bonds. The molecule has 18 heavy (non-hydrogen) atoms. The molecule has 0 saturated carbocycles. The normalized spacial score (nSPS) is 18.6. The number of nitrogens with one attached hydrogen (secondary N) is 1. The topological polar surface area (TPSA) is 24.5 Å². The smallest absolute Gasteiger partial charge is 0.118 e. The monoisotopic (exact) mass is 248 g/mol. The summed E-state index contributed by atoms with van der Waals surface area (Å²) in [5.74, 6) is 0.939. The van der Waals surface area contributed by atoms with Crippen LogP contribution in [0.15, 0.2) is 24.3 Å². The summed E-state index contributed by atoms with van der Waals surface area (Å²) < 4.78 is 5.20. The molecule has 1 aromatic carbocycles. The van der Waals surface area contributed by atoms with Gasteiger partial charge in [-0.05, 0) is 30.5 Å². The quantitative estimate of drug-likeness (QED) is 0.861. The molecule has 1 unspecified atom stereocenters. The van der Waals surface area contributed by atoms with Crippen LogP contribution in [0.3, 0.4) is 0 Å². The van der Waals surface area contributed by atoms with Gasteiger partial charge in [-0.25, -0.2) is 0 Å². The van der Waals surface area contributed by atoms with E-state index >= 15 is 0 Å². The molecule has 1 aliphatic rings. The van der Waals surface area contributed by atoms with E-state index < -0.39 is 0 Å². The van der Waals surface area contributed by atoms with Crippen LogP contribution in [0.25, 0.3) is 0 Å². The first-order valence-electron chi connectivity index (χ1n) is 6.91. The molecule has 2 rings (SSSR count). The third-order valence-corrected chi connectivity index (χ3v) is 3.77. The van der Waals surface area contributed by atoms with E-state index in [-0.39, 0.29) is 0 Å². The Kier molecular flexibility index (Phi) is 5.02. The Morgan fingerprint density at radius 2 is 1.89 bits per heavy atom. The number of nitrogens with zero attached hydrogens (tertiary/aromatic N) is 1. The lowest BCUT2D eigenvalue weighted by Crippen LogP contribution is -2.48. The molecule has 0 aromatic heterocycles. The van der Waals surface area contributed by atoms with Crippen molar-refractivity contribution in [1.82, 2.24) is 10.2 Å². The lowest BCUT2D eigenvalue weighted by molar-refractivity contribution is 0.167. The summed E-state index contributed by atoms with van der Waals surface area (Å²) in [5.41, 5.74) is 1.40. The second kappa shape index (κ2) is 6.76. The summed E-state index contributed by atoms with van der Waals surface area (Å²) in [6.45, 7) is 6.89. The van der Waals surface area contributed by atoms with Gasteiger partial charge >= 0.3 is 0 Å². The third kappa shape index (κ3) is 3.47. The van der Waals surface area contributed by atoms with Crippen molar-refractivity contribution >= 4 is 0 Å². The molecule has 0 aliphatic carbocycles. The van der Waals surface area contributed by atoms with Crippen molar-refractivity contribution < 1.29 is 4.74 Å². The van der Waals surface area contributed by atoms with Crippen molar-refractivity contribution in [2.75, 3.05) is 33.3 Å². The van der Waals surface area contributed by atoms with E-state index in [9.17, 15) is 0 Å². The largest absolute Gasteiger partial charge is 0.497 e. The molecule has 1 fully saturated rings. The highest BCUT2D eigenvalue weighted by atomic mass is 16.5. The van der Waals surface area contributed by atoms with E-state index in [4.69, 9.17) is 4.74 Å². The first kappa shape index (κ1) is 13.4. The summed E-state index contributed by atoms with van der Waals surface area (Å²) >= 11 is 0. The van der Waals surface area contributed by atoms with Crippen LogP contribution in [0.4, 0.5) is 0 Å². The number of methoxy groups -OCH3 is 1. The summed E-state index contributed by atoms with van der Waals surface area (Å²) in [7, 11) is 1.71. The van der Waals surface area contributed by atoms with Crippen molar-refractivity contribution in [2.24, 2.45) is 0 Å². The molecule has 100 valence electrons. The van der Waals surface area contributed by atoms with Gasteiger partial charge in [-0.1, -0.05) is 19.1 Å². The minimum Gasteiger partial charge on any atom is -0.497 e. The molecule has 1 saturated heterocycles. The van der Waals surface area contributed by atoms with Crippen LogP contribution in [0, 0.1) is 0 Å². The fourth-order valence-electron chi connectivity index (χ4n) is 2.61. The van der Waals surface area contributed by atoms with Crippen molar-refractivity contribution in [1.29, 1.82) is 0 Å². The fourth-order valence-corrected chi connectivity index (χ4v) is 2.61. The van der Waals surface area contributed by atoms with Crippen molar-refractivity contribution in [3.8, 4) is 5.75 Å².